The Hall–Kier alpha value is -1.35. The van der Waals surface area contributed by atoms with Crippen molar-refractivity contribution in [1.29, 1.82) is 0 Å². The molecule has 1 aromatic carbocycles. The zero-order valence-corrected chi connectivity index (χ0v) is 13.1. The molecule has 0 radical (unpaired) electrons. The Labute approximate surface area is 122 Å². The van der Waals surface area contributed by atoms with Crippen LogP contribution in [0.2, 0.25) is 0 Å². The first kappa shape index (κ1) is 16.7. The van der Waals surface area contributed by atoms with Gasteiger partial charge in [0.05, 0.1) is 11.4 Å². The summed E-state index contributed by atoms with van der Waals surface area (Å²) in [7, 11) is -1.99. The predicted molar refractivity (Wildman–Crippen MR) is 81.9 cm³/mol. The first-order valence-corrected chi connectivity index (χ1v) is 8.04. The highest BCUT2D eigenvalue weighted by molar-refractivity contribution is 7.89. The van der Waals surface area contributed by atoms with Crippen molar-refractivity contribution in [3.05, 3.63) is 29.8 Å². The number of hydrogen-bond donors (Lipinski definition) is 1. The van der Waals surface area contributed by atoms with Gasteiger partial charge in [-0.3, -0.25) is 0 Å². The second-order valence-electron chi connectivity index (χ2n) is 4.97. The Morgan fingerprint density at radius 2 is 1.90 bits per heavy atom. The number of nitrogens with zero attached hydrogens (tertiary/aromatic N) is 1. The fourth-order valence-corrected chi connectivity index (χ4v) is 2.81. The van der Waals surface area contributed by atoms with Crippen molar-refractivity contribution in [3.8, 4) is 12.3 Å². The highest BCUT2D eigenvalue weighted by atomic mass is 32.2. The van der Waals surface area contributed by atoms with E-state index in [0.717, 1.165) is 18.5 Å². The van der Waals surface area contributed by atoms with Crippen LogP contribution in [0, 0.1) is 12.3 Å². The van der Waals surface area contributed by atoms with E-state index in [4.69, 9.17) is 6.42 Å². The summed E-state index contributed by atoms with van der Waals surface area (Å²) in [4.78, 5) is 0.274. The molecule has 110 valence electrons. The minimum Gasteiger partial charge on any atom is -0.314 e. The van der Waals surface area contributed by atoms with E-state index in [1.54, 1.807) is 12.1 Å². The molecule has 0 unspecified atom stereocenters. The van der Waals surface area contributed by atoms with Gasteiger partial charge in [-0.25, -0.2) is 8.42 Å². The minimum atomic E-state index is -3.48. The highest BCUT2D eigenvalue weighted by Crippen LogP contribution is 2.15. The average Bonchev–Trinajstić information content (AvgIpc) is 2.39. The molecule has 0 aliphatic heterocycles. The van der Waals surface area contributed by atoms with Gasteiger partial charge in [-0.15, -0.1) is 6.42 Å². The van der Waals surface area contributed by atoms with E-state index in [1.807, 2.05) is 12.1 Å². The Bertz CT molecular complexity index is 557. The molecule has 0 amide bonds. The topological polar surface area (TPSA) is 49.4 Å². The summed E-state index contributed by atoms with van der Waals surface area (Å²) in [5, 5.41) is 3.33. The Balaban J connectivity index is 2.74. The molecule has 1 N–H and O–H groups in total. The lowest BCUT2D eigenvalue weighted by Gasteiger charge is -2.14. The van der Waals surface area contributed by atoms with E-state index in [9.17, 15) is 8.42 Å². The van der Waals surface area contributed by atoms with Crippen LogP contribution in [0.3, 0.4) is 0 Å². The summed E-state index contributed by atoms with van der Waals surface area (Å²) < 4.78 is 25.5. The Morgan fingerprint density at radius 3 is 2.40 bits per heavy atom. The minimum absolute atomic E-state index is 0.0718. The molecule has 0 aliphatic rings. The van der Waals surface area contributed by atoms with Crippen LogP contribution in [0.5, 0.6) is 0 Å². The van der Waals surface area contributed by atoms with Crippen molar-refractivity contribution < 1.29 is 8.42 Å². The summed E-state index contributed by atoms with van der Waals surface area (Å²) in [6, 6.07) is 7.41. The molecule has 4 nitrogen and oxygen atoms in total. The first-order valence-electron chi connectivity index (χ1n) is 6.60. The highest BCUT2D eigenvalue weighted by Gasteiger charge is 2.19. The molecule has 0 aromatic heterocycles. The van der Waals surface area contributed by atoms with Crippen molar-refractivity contribution in [1.82, 2.24) is 9.62 Å². The number of terminal acetylenes is 1. The zero-order valence-electron chi connectivity index (χ0n) is 12.3. The van der Waals surface area contributed by atoms with Gasteiger partial charge >= 0.3 is 0 Å². The van der Waals surface area contributed by atoms with Gasteiger partial charge in [-0.05, 0) is 30.7 Å². The summed E-state index contributed by atoms with van der Waals surface area (Å²) in [5.41, 5.74) is 1.11. The summed E-state index contributed by atoms with van der Waals surface area (Å²) in [6.07, 6.45) is 6.02. The number of hydrogen-bond acceptors (Lipinski definition) is 3. The number of nitrogens with one attached hydrogen (secondary N) is 1. The molecule has 0 saturated carbocycles. The predicted octanol–water partition coefficient (Wildman–Crippen LogP) is 1.48. The van der Waals surface area contributed by atoms with E-state index >= 15 is 0 Å². The molecule has 1 aromatic rings. The van der Waals surface area contributed by atoms with Crippen molar-refractivity contribution in [2.45, 2.75) is 31.2 Å². The van der Waals surface area contributed by atoms with Crippen LogP contribution in [-0.4, -0.2) is 38.9 Å². The molecular formula is C15H22N2O2S. The summed E-state index contributed by atoms with van der Waals surface area (Å²) in [5.74, 6) is 2.33. The Kier molecular flexibility index (Phi) is 6.21. The standard InChI is InChI=1S/C15H22N2O2S/c1-5-12-17(4)20(18,19)15-8-6-14(7-9-15)10-11-16-13(2)3/h1,6-9,13,16H,10-12H2,2-4H3. The van der Waals surface area contributed by atoms with E-state index in [2.05, 4.69) is 25.1 Å². The van der Waals surface area contributed by atoms with Gasteiger partial charge in [0.1, 0.15) is 0 Å². The van der Waals surface area contributed by atoms with Crippen molar-refractivity contribution in [2.75, 3.05) is 20.1 Å². The van der Waals surface area contributed by atoms with E-state index in [0.29, 0.717) is 6.04 Å². The first-order chi connectivity index (χ1) is 9.37. The number of rotatable bonds is 7. The monoisotopic (exact) mass is 294 g/mol. The van der Waals surface area contributed by atoms with Crippen LogP contribution in [-0.2, 0) is 16.4 Å². The fraction of sp³-hybridized carbons (Fsp3) is 0.467. The van der Waals surface area contributed by atoms with Crippen LogP contribution in [0.1, 0.15) is 19.4 Å². The SMILES string of the molecule is C#CCN(C)S(=O)(=O)c1ccc(CCNC(C)C)cc1. The molecular weight excluding hydrogens is 272 g/mol. The Morgan fingerprint density at radius 1 is 1.30 bits per heavy atom. The average molecular weight is 294 g/mol. The lowest BCUT2D eigenvalue weighted by molar-refractivity contribution is 0.503. The van der Waals surface area contributed by atoms with Gasteiger partial charge in [0.2, 0.25) is 10.0 Å². The smallest absolute Gasteiger partial charge is 0.243 e. The zero-order chi connectivity index (χ0) is 15.2. The summed E-state index contributed by atoms with van der Waals surface area (Å²) in [6.45, 7) is 5.14. The maximum Gasteiger partial charge on any atom is 0.243 e. The van der Waals surface area contributed by atoms with Crippen LogP contribution in [0.25, 0.3) is 0 Å². The molecule has 1 rings (SSSR count). The largest absolute Gasteiger partial charge is 0.314 e. The van der Waals surface area contributed by atoms with Gasteiger partial charge in [-0.1, -0.05) is 31.9 Å². The lowest BCUT2D eigenvalue weighted by Crippen LogP contribution is -2.27. The fourth-order valence-electron chi connectivity index (χ4n) is 1.73. The van der Waals surface area contributed by atoms with Crippen molar-refractivity contribution in [3.63, 3.8) is 0 Å². The van der Waals surface area contributed by atoms with Gasteiger partial charge in [0.25, 0.3) is 0 Å². The maximum absolute atomic E-state index is 12.2. The quantitative estimate of drug-likeness (QED) is 0.775. The second-order valence-corrected chi connectivity index (χ2v) is 7.01. The summed E-state index contributed by atoms with van der Waals surface area (Å²) >= 11 is 0. The van der Waals surface area contributed by atoms with Crippen molar-refractivity contribution >= 4 is 10.0 Å². The number of benzene rings is 1. The van der Waals surface area contributed by atoms with Crippen LogP contribution in [0.15, 0.2) is 29.2 Å². The molecule has 20 heavy (non-hydrogen) atoms. The maximum atomic E-state index is 12.2. The van der Waals surface area contributed by atoms with Gasteiger partial charge in [0.15, 0.2) is 0 Å². The van der Waals surface area contributed by atoms with Gasteiger partial charge in [0, 0.05) is 13.1 Å². The molecule has 0 saturated heterocycles. The van der Waals surface area contributed by atoms with Gasteiger partial charge < -0.3 is 5.32 Å². The molecule has 0 atom stereocenters. The molecule has 0 spiro atoms. The van der Waals surface area contributed by atoms with E-state index in [-0.39, 0.29) is 11.4 Å². The van der Waals surface area contributed by atoms with Crippen LogP contribution < -0.4 is 5.32 Å². The van der Waals surface area contributed by atoms with E-state index in [1.165, 1.54) is 11.4 Å². The third-order valence-corrected chi connectivity index (χ3v) is 4.73. The number of sulfonamides is 1. The van der Waals surface area contributed by atoms with E-state index < -0.39 is 10.0 Å². The van der Waals surface area contributed by atoms with Gasteiger partial charge in [-0.2, -0.15) is 4.31 Å². The second kappa shape index (κ2) is 7.44. The molecule has 5 heteroatoms. The molecule has 0 aliphatic carbocycles. The van der Waals surface area contributed by atoms with Crippen LogP contribution >= 0.6 is 0 Å². The lowest BCUT2D eigenvalue weighted by atomic mass is 10.1. The van der Waals surface area contributed by atoms with Crippen LogP contribution in [0.4, 0.5) is 0 Å². The third kappa shape index (κ3) is 4.64. The molecule has 0 heterocycles. The normalized spacial score (nSPS) is 11.8. The molecule has 0 bridgehead atoms. The van der Waals surface area contributed by atoms with Crippen molar-refractivity contribution in [2.24, 2.45) is 0 Å². The molecule has 0 fully saturated rings. The third-order valence-electron chi connectivity index (χ3n) is 2.91.